The highest BCUT2D eigenvalue weighted by Gasteiger charge is 2.38. The van der Waals surface area contributed by atoms with Gasteiger partial charge in [-0.05, 0) is 31.3 Å². The molecule has 1 aromatic carbocycles. The van der Waals surface area contributed by atoms with Gasteiger partial charge in [0.1, 0.15) is 22.7 Å². The number of anilines is 1. The molecule has 1 saturated carbocycles. The van der Waals surface area contributed by atoms with Gasteiger partial charge in [0, 0.05) is 32.8 Å². The highest BCUT2D eigenvalue weighted by atomic mass is 19.1. The molecule has 3 aromatic rings. The van der Waals surface area contributed by atoms with Gasteiger partial charge in [-0.25, -0.2) is 18.4 Å². The lowest BCUT2D eigenvalue weighted by Crippen LogP contribution is -2.37. The van der Waals surface area contributed by atoms with Crippen molar-refractivity contribution in [1.82, 2.24) is 24.2 Å². The molecule has 38 heavy (non-hydrogen) atoms. The van der Waals surface area contributed by atoms with Gasteiger partial charge in [-0.15, -0.1) is 0 Å². The van der Waals surface area contributed by atoms with Gasteiger partial charge in [0.05, 0.1) is 36.1 Å². The van der Waals surface area contributed by atoms with Crippen molar-refractivity contribution >= 4 is 28.7 Å². The maximum atomic E-state index is 15.2. The second kappa shape index (κ2) is 9.90. The van der Waals surface area contributed by atoms with Crippen molar-refractivity contribution < 1.29 is 23.1 Å². The molecule has 2 amide bonds. The second-order valence-corrected chi connectivity index (χ2v) is 9.37. The molecule has 3 heterocycles. The first-order chi connectivity index (χ1) is 18.3. The van der Waals surface area contributed by atoms with Gasteiger partial charge >= 0.3 is 0 Å². The fraction of sp³-hybridized carbons (Fsp3) is 0.385. The quantitative estimate of drug-likeness (QED) is 0.362. The minimum absolute atomic E-state index is 0.0169. The fourth-order valence-corrected chi connectivity index (χ4v) is 5.04. The molecule has 3 N–H and O–H groups in total. The summed E-state index contributed by atoms with van der Waals surface area (Å²) in [5.41, 5.74) is 5.53. The second-order valence-electron chi connectivity index (χ2n) is 9.37. The normalized spacial score (nSPS) is 18.9. The molecule has 2 fully saturated rings. The van der Waals surface area contributed by atoms with Crippen LogP contribution in [0.25, 0.3) is 11.0 Å². The number of carbonyl (C=O) groups excluding carboxylic acids is 2. The summed E-state index contributed by atoms with van der Waals surface area (Å²) >= 11 is 0. The van der Waals surface area contributed by atoms with Gasteiger partial charge in [0.25, 0.3) is 5.91 Å². The van der Waals surface area contributed by atoms with Crippen LogP contribution < -0.4 is 11.1 Å². The number of amides is 2. The van der Waals surface area contributed by atoms with E-state index in [1.807, 2.05) is 0 Å². The molecule has 198 valence electrons. The first kappa shape index (κ1) is 25.4. The largest absolute Gasteiger partial charge is 0.383 e. The number of primary amides is 1. The fourth-order valence-electron chi connectivity index (χ4n) is 5.04. The van der Waals surface area contributed by atoms with Crippen LogP contribution in [0, 0.1) is 23.5 Å². The van der Waals surface area contributed by atoms with Crippen LogP contribution in [0.15, 0.2) is 25.0 Å². The number of methoxy groups -OCH3 is 1. The van der Waals surface area contributed by atoms with E-state index in [1.54, 1.807) is 23.6 Å². The highest BCUT2D eigenvalue weighted by molar-refractivity contribution is 6.00. The Bertz CT molecular complexity index is 1510. The van der Waals surface area contributed by atoms with Gasteiger partial charge in [-0.3, -0.25) is 9.59 Å². The average Bonchev–Trinajstić information content (AvgIpc) is 3.33. The minimum Gasteiger partial charge on any atom is -0.383 e. The Balaban J connectivity index is 1.55. The van der Waals surface area contributed by atoms with Crippen molar-refractivity contribution in [3.05, 3.63) is 53.5 Å². The number of nitrogens with one attached hydrogen (secondary N) is 1. The minimum atomic E-state index is -0.877. The van der Waals surface area contributed by atoms with Gasteiger partial charge in [-0.1, -0.05) is 12.5 Å². The molecule has 1 saturated heterocycles. The summed E-state index contributed by atoms with van der Waals surface area (Å²) in [6.45, 7) is 4.14. The van der Waals surface area contributed by atoms with Crippen molar-refractivity contribution in [2.45, 2.75) is 37.4 Å². The zero-order valence-electron chi connectivity index (χ0n) is 21.0. The van der Waals surface area contributed by atoms with Crippen LogP contribution in [-0.2, 0) is 9.53 Å². The number of likely N-dealkylation sites (tertiary alicyclic amines) is 1. The molecule has 2 aromatic heterocycles. The highest BCUT2D eigenvalue weighted by Crippen LogP contribution is 2.38. The van der Waals surface area contributed by atoms with E-state index in [0.29, 0.717) is 18.5 Å². The summed E-state index contributed by atoms with van der Waals surface area (Å²) in [6.07, 6.45) is 5.10. The lowest BCUT2D eigenvalue weighted by molar-refractivity contribution is -0.127. The Morgan fingerprint density at radius 2 is 2.08 bits per heavy atom. The van der Waals surface area contributed by atoms with Crippen molar-refractivity contribution in [1.29, 1.82) is 0 Å². The first-order valence-corrected chi connectivity index (χ1v) is 12.2. The first-order valence-electron chi connectivity index (χ1n) is 12.2. The van der Waals surface area contributed by atoms with Crippen LogP contribution in [0.4, 0.5) is 14.6 Å². The number of benzene rings is 1. The molecule has 0 bridgehead atoms. The van der Waals surface area contributed by atoms with E-state index in [4.69, 9.17) is 10.5 Å². The molecule has 1 aliphatic heterocycles. The topological polar surface area (TPSA) is 120 Å². The Kier molecular flexibility index (Phi) is 6.62. The zero-order chi connectivity index (χ0) is 27.1. The summed E-state index contributed by atoms with van der Waals surface area (Å²) in [4.78, 5) is 30.6. The van der Waals surface area contributed by atoms with Crippen molar-refractivity contribution in [3.8, 4) is 11.8 Å². The van der Waals surface area contributed by atoms with Crippen LogP contribution in [0.1, 0.15) is 53.0 Å². The zero-order valence-corrected chi connectivity index (χ0v) is 21.0. The van der Waals surface area contributed by atoms with Gasteiger partial charge in [-0.2, -0.15) is 5.10 Å². The number of carbonyl (C=O) groups is 2. The molecule has 0 unspecified atom stereocenters. The molecular formula is C26H27F2N7O3. The SMILES string of the molecule is C=CC(=O)N1C[C@@H](n2nc(C#Cc3c(F)cc4c(ncn4C4CC4)c3F)c(C(N)=O)c2NC)C[C@@H]1COC. The summed E-state index contributed by atoms with van der Waals surface area (Å²) in [6, 6.07) is 0.849. The number of ether oxygens (including phenoxy) is 1. The third kappa shape index (κ3) is 4.28. The number of nitrogens with zero attached hydrogens (tertiary/aromatic N) is 5. The van der Waals surface area contributed by atoms with Crippen molar-refractivity contribution in [3.63, 3.8) is 0 Å². The van der Waals surface area contributed by atoms with E-state index in [1.165, 1.54) is 23.2 Å². The molecule has 2 atom stereocenters. The molecule has 0 spiro atoms. The number of rotatable bonds is 7. The van der Waals surface area contributed by atoms with E-state index < -0.39 is 23.1 Å². The number of fused-ring (bicyclic) bond motifs is 1. The van der Waals surface area contributed by atoms with E-state index in [-0.39, 0.29) is 53.2 Å². The summed E-state index contributed by atoms with van der Waals surface area (Å²) < 4.78 is 38.8. The molecular weight excluding hydrogens is 496 g/mol. The van der Waals surface area contributed by atoms with Crippen LogP contribution in [-0.4, -0.2) is 69.4 Å². The summed E-state index contributed by atoms with van der Waals surface area (Å²) in [5.74, 6) is 2.65. The van der Waals surface area contributed by atoms with Gasteiger partial charge in [0.15, 0.2) is 11.5 Å². The Morgan fingerprint density at radius 3 is 2.71 bits per heavy atom. The number of nitrogens with two attached hydrogens (primary N) is 1. The Labute approximate surface area is 217 Å². The maximum absolute atomic E-state index is 15.2. The summed E-state index contributed by atoms with van der Waals surface area (Å²) in [5, 5.41) is 7.41. The number of aromatic nitrogens is 4. The third-order valence-corrected chi connectivity index (χ3v) is 6.96. The van der Waals surface area contributed by atoms with Crippen LogP contribution in [0.2, 0.25) is 0 Å². The molecule has 2 aliphatic rings. The summed E-state index contributed by atoms with van der Waals surface area (Å²) in [7, 11) is 3.14. The molecule has 0 radical (unpaired) electrons. The van der Waals surface area contributed by atoms with Crippen LogP contribution in [0.5, 0.6) is 0 Å². The molecule has 1 aliphatic carbocycles. The number of hydrogen-bond acceptors (Lipinski definition) is 6. The van der Waals surface area contributed by atoms with Gasteiger partial charge in [0.2, 0.25) is 5.91 Å². The molecule has 10 nitrogen and oxygen atoms in total. The van der Waals surface area contributed by atoms with E-state index >= 15 is 4.39 Å². The number of hydrogen-bond donors (Lipinski definition) is 2. The smallest absolute Gasteiger partial charge is 0.255 e. The van der Waals surface area contributed by atoms with E-state index in [2.05, 4.69) is 33.8 Å². The lowest BCUT2D eigenvalue weighted by Gasteiger charge is -2.22. The number of halogens is 2. The van der Waals surface area contributed by atoms with Crippen LogP contribution >= 0.6 is 0 Å². The van der Waals surface area contributed by atoms with Crippen molar-refractivity contribution in [2.75, 3.05) is 32.6 Å². The van der Waals surface area contributed by atoms with E-state index in [9.17, 15) is 14.0 Å². The third-order valence-electron chi connectivity index (χ3n) is 6.96. The van der Waals surface area contributed by atoms with Crippen LogP contribution in [0.3, 0.4) is 0 Å². The van der Waals surface area contributed by atoms with Gasteiger partial charge < -0.3 is 25.3 Å². The Morgan fingerprint density at radius 1 is 1.32 bits per heavy atom. The monoisotopic (exact) mass is 523 g/mol. The standard InChI is InChI=1S/C26H27F2N7O3/c1-4-21(36)33-11-15(9-16(33)12-38-3)35-26(30-2)22(25(29)37)19(32-35)8-7-17-18(27)10-20-24(23(17)28)31-13-34(20)14-5-6-14/h4,10,13-16,30H,1,5-6,9,11-12H2,2-3H3,(H2,29,37)/t15-,16+/m0/s1. The lowest BCUT2D eigenvalue weighted by atomic mass is 10.1. The predicted octanol–water partition coefficient (Wildman–Crippen LogP) is 2.36. The molecule has 5 rings (SSSR count). The molecule has 12 heteroatoms. The van der Waals surface area contributed by atoms with E-state index in [0.717, 1.165) is 12.8 Å². The predicted molar refractivity (Wildman–Crippen MR) is 135 cm³/mol. The Hall–Kier alpha value is -4.24. The van der Waals surface area contributed by atoms with Crippen molar-refractivity contribution in [2.24, 2.45) is 5.73 Å². The maximum Gasteiger partial charge on any atom is 0.255 e. The average molecular weight is 524 g/mol. The number of imidazole rings is 1.